The van der Waals surface area contributed by atoms with Crippen molar-refractivity contribution in [3.05, 3.63) is 81.0 Å². The minimum Gasteiger partial charge on any atom is -0.453 e. The van der Waals surface area contributed by atoms with Crippen LogP contribution in [0.2, 0.25) is 10.0 Å². The molecule has 0 fully saturated rings. The first-order chi connectivity index (χ1) is 13.0. The van der Waals surface area contributed by atoms with Gasteiger partial charge in [0.25, 0.3) is 0 Å². The number of rotatable bonds is 2. The smallest absolute Gasteiger partial charge is 0.226 e. The van der Waals surface area contributed by atoms with Gasteiger partial charge in [0.2, 0.25) is 5.88 Å². The predicted molar refractivity (Wildman–Crippen MR) is 105 cm³/mol. The number of nitrogens with two attached hydrogens (primary N) is 1. The molecule has 0 aliphatic carbocycles. The lowest BCUT2D eigenvalue weighted by molar-refractivity contribution is 0.228. The van der Waals surface area contributed by atoms with E-state index in [9.17, 15) is 5.26 Å². The van der Waals surface area contributed by atoms with Gasteiger partial charge in [-0.15, -0.1) is 0 Å². The molecular weight excluding hydrogens is 383 g/mol. The molecule has 5 nitrogen and oxygen atoms in total. The number of nitriles is 1. The van der Waals surface area contributed by atoms with Crippen molar-refractivity contribution < 1.29 is 4.74 Å². The summed E-state index contributed by atoms with van der Waals surface area (Å²) in [5, 5.41) is 15.5. The largest absolute Gasteiger partial charge is 0.453 e. The van der Waals surface area contributed by atoms with Crippen molar-refractivity contribution in [2.45, 2.75) is 13.2 Å². The first kappa shape index (κ1) is 17.6. The highest BCUT2D eigenvalue weighted by Crippen LogP contribution is 2.42. The Morgan fingerprint density at radius 3 is 2.26 bits per heavy atom. The van der Waals surface area contributed by atoms with Gasteiger partial charge in [0, 0.05) is 15.6 Å². The molecule has 0 saturated heterocycles. The van der Waals surface area contributed by atoms with E-state index in [1.165, 1.54) is 0 Å². The molecule has 1 atom stereocenters. The van der Waals surface area contributed by atoms with E-state index >= 15 is 0 Å². The van der Waals surface area contributed by atoms with Crippen molar-refractivity contribution in [3.8, 4) is 17.6 Å². The summed E-state index contributed by atoms with van der Waals surface area (Å²) in [6.45, 7) is 1.87. The van der Waals surface area contributed by atoms with Crippen molar-refractivity contribution in [1.82, 2.24) is 9.78 Å². The van der Waals surface area contributed by atoms with Crippen LogP contribution in [0, 0.1) is 18.3 Å². The van der Waals surface area contributed by atoms with Crippen LogP contribution in [0.4, 0.5) is 0 Å². The summed E-state index contributed by atoms with van der Waals surface area (Å²) in [5.41, 5.74) is 10.3. The Kier molecular flexibility index (Phi) is 4.40. The Morgan fingerprint density at radius 2 is 1.67 bits per heavy atom. The number of aryl methyl sites for hydroxylation is 1. The lowest BCUT2D eigenvalue weighted by Gasteiger charge is -2.24. The molecule has 0 radical (unpaired) electrons. The van der Waals surface area contributed by atoms with E-state index in [1.807, 2.05) is 31.2 Å². The highest BCUT2D eigenvalue weighted by atomic mass is 35.5. The number of benzene rings is 2. The van der Waals surface area contributed by atoms with Crippen LogP contribution < -0.4 is 10.5 Å². The van der Waals surface area contributed by atoms with Crippen LogP contribution in [0.15, 0.2) is 54.1 Å². The lowest BCUT2D eigenvalue weighted by Crippen LogP contribution is -2.33. The molecule has 2 aromatic carbocycles. The monoisotopic (exact) mass is 396 g/mol. The summed E-state index contributed by atoms with van der Waals surface area (Å²) in [6, 6.07) is 16.7. The standard InChI is InChI=1S/C20H14Cl2N4O/c1-11-17-18(12-2-4-13(21)5-3-12)16(10-23)19(24)27-20(17)26(25-11)15-8-6-14(22)7-9-15/h2-9,19H,24H2,1H3. The number of halogens is 2. The van der Waals surface area contributed by atoms with Crippen LogP contribution in [-0.2, 0) is 0 Å². The van der Waals surface area contributed by atoms with Crippen molar-refractivity contribution in [1.29, 1.82) is 5.26 Å². The summed E-state index contributed by atoms with van der Waals surface area (Å²) >= 11 is 12.0. The second-order valence-electron chi connectivity index (χ2n) is 6.10. The predicted octanol–water partition coefficient (Wildman–Crippen LogP) is 4.49. The van der Waals surface area contributed by atoms with Crippen LogP contribution in [0.25, 0.3) is 11.3 Å². The van der Waals surface area contributed by atoms with Crippen molar-refractivity contribution >= 4 is 28.8 Å². The van der Waals surface area contributed by atoms with Gasteiger partial charge < -0.3 is 4.74 Å². The molecular formula is C20H14Cl2N4O. The Balaban J connectivity index is 1.97. The van der Waals surface area contributed by atoms with Crippen LogP contribution in [0.5, 0.6) is 5.88 Å². The van der Waals surface area contributed by atoms with E-state index in [0.717, 1.165) is 22.5 Å². The van der Waals surface area contributed by atoms with Crippen molar-refractivity contribution in [2.24, 2.45) is 5.73 Å². The fraction of sp³-hybridized carbons (Fsp3) is 0.100. The molecule has 1 aliphatic rings. The van der Waals surface area contributed by atoms with E-state index in [-0.39, 0.29) is 0 Å². The Hall–Kier alpha value is -2.78. The van der Waals surface area contributed by atoms with Crippen LogP contribution in [0.1, 0.15) is 16.8 Å². The summed E-state index contributed by atoms with van der Waals surface area (Å²) in [7, 11) is 0. The topological polar surface area (TPSA) is 76.9 Å². The SMILES string of the molecule is Cc1nn(-c2ccc(Cl)cc2)c2c1C(c1ccc(Cl)cc1)=C(C#N)C(N)O2. The maximum Gasteiger partial charge on any atom is 0.226 e. The van der Waals surface area contributed by atoms with Gasteiger partial charge in [-0.1, -0.05) is 35.3 Å². The lowest BCUT2D eigenvalue weighted by atomic mass is 9.91. The van der Waals surface area contributed by atoms with Crippen LogP contribution in [0.3, 0.4) is 0 Å². The quantitative estimate of drug-likeness (QED) is 0.691. The minimum atomic E-state index is -0.893. The van der Waals surface area contributed by atoms with Gasteiger partial charge in [-0.2, -0.15) is 10.4 Å². The zero-order chi connectivity index (χ0) is 19.1. The molecule has 0 amide bonds. The van der Waals surface area contributed by atoms with E-state index in [0.29, 0.717) is 27.1 Å². The molecule has 0 spiro atoms. The third-order valence-electron chi connectivity index (χ3n) is 4.39. The molecule has 2 N–H and O–H groups in total. The number of hydrogen-bond donors (Lipinski definition) is 1. The molecule has 1 aliphatic heterocycles. The molecule has 134 valence electrons. The van der Waals surface area contributed by atoms with Gasteiger partial charge >= 0.3 is 0 Å². The molecule has 0 saturated carbocycles. The molecule has 27 heavy (non-hydrogen) atoms. The third-order valence-corrected chi connectivity index (χ3v) is 4.89. The van der Waals surface area contributed by atoms with E-state index in [1.54, 1.807) is 28.9 Å². The zero-order valence-electron chi connectivity index (χ0n) is 14.3. The number of aromatic nitrogens is 2. The second-order valence-corrected chi connectivity index (χ2v) is 6.97. The Labute approximate surface area is 166 Å². The van der Waals surface area contributed by atoms with Gasteiger partial charge in [-0.05, 0) is 48.9 Å². The first-order valence-corrected chi connectivity index (χ1v) is 8.93. The first-order valence-electron chi connectivity index (χ1n) is 8.18. The van der Waals surface area contributed by atoms with E-state index in [2.05, 4.69) is 11.2 Å². The third kappa shape index (κ3) is 2.98. The average Bonchev–Trinajstić information content (AvgIpc) is 2.98. The average molecular weight is 397 g/mol. The molecule has 2 heterocycles. The fourth-order valence-corrected chi connectivity index (χ4v) is 3.40. The Bertz CT molecular complexity index is 1090. The molecule has 1 unspecified atom stereocenters. The van der Waals surface area contributed by atoms with Gasteiger partial charge in [-0.3, -0.25) is 5.73 Å². The highest BCUT2D eigenvalue weighted by molar-refractivity contribution is 6.30. The van der Waals surface area contributed by atoms with Gasteiger partial charge in [0.05, 0.1) is 22.5 Å². The number of ether oxygens (including phenoxy) is 1. The summed E-state index contributed by atoms with van der Waals surface area (Å²) in [5.74, 6) is 0.492. The van der Waals surface area contributed by atoms with E-state index < -0.39 is 6.23 Å². The molecule has 1 aromatic heterocycles. The maximum atomic E-state index is 9.68. The normalized spacial score (nSPS) is 15.9. The van der Waals surface area contributed by atoms with Gasteiger partial charge in [0.1, 0.15) is 6.07 Å². The van der Waals surface area contributed by atoms with Gasteiger partial charge in [-0.25, -0.2) is 4.68 Å². The fourth-order valence-electron chi connectivity index (χ4n) is 3.15. The number of nitrogens with zero attached hydrogens (tertiary/aromatic N) is 3. The highest BCUT2D eigenvalue weighted by Gasteiger charge is 2.33. The zero-order valence-corrected chi connectivity index (χ0v) is 15.8. The van der Waals surface area contributed by atoms with Crippen molar-refractivity contribution in [2.75, 3.05) is 0 Å². The van der Waals surface area contributed by atoms with E-state index in [4.69, 9.17) is 33.7 Å². The summed E-state index contributed by atoms with van der Waals surface area (Å²) in [4.78, 5) is 0. The molecule has 4 rings (SSSR count). The minimum absolute atomic E-state index is 0.351. The second kappa shape index (κ2) is 6.75. The van der Waals surface area contributed by atoms with Gasteiger partial charge in [0.15, 0.2) is 6.23 Å². The van der Waals surface area contributed by atoms with Crippen LogP contribution >= 0.6 is 23.2 Å². The molecule has 3 aromatic rings. The number of hydrogen-bond acceptors (Lipinski definition) is 4. The van der Waals surface area contributed by atoms with Crippen LogP contribution in [-0.4, -0.2) is 16.0 Å². The molecule has 0 bridgehead atoms. The van der Waals surface area contributed by atoms with Crippen molar-refractivity contribution in [3.63, 3.8) is 0 Å². The summed E-state index contributed by atoms with van der Waals surface area (Å²) in [6.07, 6.45) is -0.893. The summed E-state index contributed by atoms with van der Waals surface area (Å²) < 4.78 is 7.56. The maximum absolute atomic E-state index is 9.68. The number of fused-ring (bicyclic) bond motifs is 1. The Morgan fingerprint density at radius 1 is 1.07 bits per heavy atom. The molecule has 7 heteroatoms.